The molecule has 1 aromatic heterocycles. The zero-order valence-electron chi connectivity index (χ0n) is 7.35. The summed E-state index contributed by atoms with van der Waals surface area (Å²) in [7, 11) is 0. The molecule has 5 heteroatoms. The summed E-state index contributed by atoms with van der Waals surface area (Å²) >= 11 is 5.68. The van der Waals surface area contributed by atoms with E-state index in [1.807, 2.05) is 0 Å². The Kier molecular flexibility index (Phi) is 2.31. The molecule has 1 aromatic carbocycles. The lowest BCUT2D eigenvalue weighted by atomic mass is 10.1. The topological polar surface area (TPSA) is 12.9 Å². The molecule has 0 spiro atoms. The number of hydrogen-bond acceptors (Lipinski definition) is 1. The molecule has 0 fully saturated rings. The summed E-state index contributed by atoms with van der Waals surface area (Å²) in [4.78, 5) is 3.71. The monoisotopic (exact) mass is 231 g/mol. The number of fused-ring (bicyclic) bond motifs is 1. The number of pyridine rings is 1. The molecule has 0 N–H and O–H groups in total. The van der Waals surface area contributed by atoms with Gasteiger partial charge in [0.2, 0.25) is 0 Å². The minimum absolute atomic E-state index is 0.386. The highest BCUT2D eigenvalue weighted by Crippen LogP contribution is 2.30. The fraction of sp³-hybridized carbons (Fsp3) is 0.100. The summed E-state index contributed by atoms with van der Waals surface area (Å²) < 4.78 is 37.0. The van der Waals surface area contributed by atoms with Gasteiger partial charge in [0.25, 0.3) is 0 Å². The van der Waals surface area contributed by atoms with Crippen LogP contribution in [0.25, 0.3) is 10.9 Å². The van der Waals surface area contributed by atoms with Crippen LogP contribution in [0.1, 0.15) is 5.56 Å². The first-order chi connectivity index (χ1) is 6.97. The SMILES string of the molecule is FC(F)(F)c1cnc2ccc(Cl)cc2c1. The molecule has 78 valence electrons. The van der Waals surface area contributed by atoms with Gasteiger partial charge >= 0.3 is 6.18 Å². The third-order valence-corrected chi connectivity index (χ3v) is 2.21. The van der Waals surface area contributed by atoms with Crippen LogP contribution in [0.15, 0.2) is 30.5 Å². The predicted molar refractivity (Wildman–Crippen MR) is 51.8 cm³/mol. The standard InChI is InChI=1S/C10H5ClF3N/c11-8-1-2-9-6(4-8)3-7(5-15-9)10(12,13)14/h1-5H. The minimum atomic E-state index is -4.37. The molecule has 0 bridgehead atoms. The van der Waals surface area contributed by atoms with Crippen molar-refractivity contribution in [1.82, 2.24) is 4.98 Å². The largest absolute Gasteiger partial charge is 0.417 e. The van der Waals surface area contributed by atoms with Crippen LogP contribution in [0.2, 0.25) is 5.02 Å². The quantitative estimate of drug-likeness (QED) is 0.670. The summed E-state index contributed by atoms with van der Waals surface area (Å²) in [5.41, 5.74) is -0.273. The summed E-state index contributed by atoms with van der Waals surface area (Å²) in [5.74, 6) is 0. The maximum atomic E-state index is 12.3. The lowest BCUT2D eigenvalue weighted by Crippen LogP contribution is -2.05. The Morgan fingerprint density at radius 3 is 2.53 bits per heavy atom. The molecule has 2 rings (SSSR count). The average molecular weight is 232 g/mol. The van der Waals surface area contributed by atoms with E-state index in [1.54, 1.807) is 12.1 Å². The summed E-state index contributed by atoms with van der Waals surface area (Å²) in [5, 5.41) is 0.779. The number of benzene rings is 1. The first-order valence-corrected chi connectivity index (χ1v) is 4.47. The van der Waals surface area contributed by atoms with Crippen molar-refractivity contribution in [2.45, 2.75) is 6.18 Å². The molecule has 0 atom stereocenters. The van der Waals surface area contributed by atoms with Crippen molar-refractivity contribution in [3.8, 4) is 0 Å². The zero-order valence-corrected chi connectivity index (χ0v) is 8.10. The number of alkyl halides is 3. The number of aromatic nitrogens is 1. The summed E-state index contributed by atoms with van der Waals surface area (Å²) in [6, 6.07) is 5.66. The molecule has 0 unspecified atom stereocenters. The molecule has 0 saturated heterocycles. The van der Waals surface area contributed by atoms with Crippen molar-refractivity contribution >= 4 is 22.5 Å². The highest BCUT2D eigenvalue weighted by molar-refractivity contribution is 6.31. The Morgan fingerprint density at radius 2 is 1.87 bits per heavy atom. The van der Waals surface area contributed by atoms with Crippen LogP contribution in [-0.4, -0.2) is 4.98 Å². The van der Waals surface area contributed by atoms with Crippen molar-refractivity contribution < 1.29 is 13.2 Å². The van der Waals surface area contributed by atoms with Crippen LogP contribution >= 0.6 is 11.6 Å². The maximum Gasteiger partial charge on any atom is 0.417 e. The van der Waals surface area contributed by atoms with E-state index in [0.29, 0.717) is 15.9 Å². The minimum Gasteiger partial charge on any atom is -0.256 e. The van der Waals surface area contributed by atoms with Crippen molar-refractivity contribution in [3.63, 3.8) is 0 Å². The molecule has 0 aliphatic heterocycles. The third kappa shape index (κ3) is 2.04. The van der Waals surface area contributed by atoms with Crippen molar-refractivity contribution in [1.29, 1.82) is 0 Å². The molecular weight excluding hydrogens is 227 g/mol. The molecule has 0 aliphatic carbocycles. The van der Waals surface area contributed by atoms with Gasteiger partial charge in [-0.05, 0) is 24.3 Å². The first kappa shape index (κ1) is 10.2. The second kappa shape index (κ2) is 3.38. The van der Waals surface area contributed by atoms with Crippen molar-refractivity contribution in [2.24, 2.45) is 0 Å². The Hall–Kier alpha value is -1.29. The Bertz CT molecular complexity index is 507. The smallest absolute Gasteiger partial charge is 0.256 e. The Labute approximate surface area is 88.5 Å². The van der Waals surface area contributed by atoms with Gasteiger partial charge in [0.15, 0.2) is 0 Å². The zero-order chi connectivity index (χ0) is 11.1. The van der Waals surface area contributed by atoms with E-state index < -0.39 is 11.7 Å². The first-order valence-electron chi connectivity index (χ1n) is 4.09. The molecule has 15 heavy (non-hydrogen) atoms. The van der Waals surface area contributed by atoms with Gasteiger partial charge in [0.1, 0.15) is 0 Å². The second-order valence-corrected chi connectivity index (χ2v) is 3.50. The summed E-state index contributed by atoms with van der Waals surface area (Å²) in [6.07, 6.45) is -3.56. The van der Waals surface area contributed by atoms with Crippen LogP contribution < -0.4 is 0 Å². The molecule has 0 saturated carbocycles. The Morgan fingerprint density at radius 1 is 1.13 bits per heavy atom. The molecule has 0 amide bonds. The van der Waals surface area contributed by atoms with Crippen LogP contribution in [0.5, 0.6) is 0 Å². The van der Waals surface area contributed by atoms with Gasteiger partial charge in [-0.2, -0.15) is 13.2 Å². The van der Waals surface area contributed by atoms with Crippen LogP contribution in [0, 0.1) is 0 Å². The van der Waals surface area contributed by atoms with E-state index in [9.17, 15) is 13.2 Å². The molecule has 2 aromatic rings. The molecule has 1 heterocycles. The van der Waals surface area contributed by atoms with Crippen LogP contribution in [0.3, 0.4) is 0 Å². The van der Waals surface area contributed by atoms with Gasteiger partial charge < -0.3 is 0 Å². The van der Waals surface area contributed by atoms with Crippen LogP contribution in [0.4, 0.5) is 13.2 Å². The number of hydrogen-bond donors (Lipinski definition) is 0. The highest BCUT2D eigenvalue weighted by Gasteiger charge is 2.30. The van der Waals surface area contributed by atoms with Crippen LogP contribution in [-0.2, 0) is 6.18 Å². The van der Waals surface area contributed by atoms with Gasteiger partial charge in [-0.15, -0.1) is 0 Å². The normalized spacial score (nSPS) is 12.0. The molecule has 0 aliphatic rings. The van der Waals surface area contributed by atoms with E-state index in [-0.39, 0.29) is 0 Å². The van der Waals surface area contributed by atoms with Gasteiger partial charge in [-0.25, -0.2) is 0 Å². The van der Waals surface area contributed by atoms with Gasteiger partial charge in [0.05, 0.1) is 11.1 Å². The number of rotatable bonds is 0. The van der Waals surface area contributed by atoms with Crippen molar-refractivity contribution in [2.75, 3.05) is 0 Å². The number of halogens is 4. The predicted octanol–water partition coefficient (Wildman–Crippen LogP) is 3.91. The lowest BCUT2D eigenvalue weighted by Gasteiger charge is -2.06. The average Bonchev–Trinajstić information content (AvgIpc) is 2.15. The maximum absolute atomic E-state index is 12.3. The summed E-state index contributed by atoms with van der Waals surface area (Å²) in [6.45, 7) is 0. The van der Waals surface area contributed by atoms with Gasteiger partial charge in [-0.3, -0.25) is 4.98 Å². The van der Waals surface area contributed by atoms with Crippen molar-refractivity contribution in [3.05, 3.63) is 41.0 Å². The number of nitrogens with zero attached hydrogens (tertiary/aromatic N) is 1. The van der Waals surface area contributed by atoms with E-state index in [4.69, 9.17) is 11.6 Å². The second-order valence-electron chi connectivity index (χ2n) is 3.06. The fourth-order valence-electron chi connectivity index (χ4n) is 1.26. The van der Waals surface area contributed by atoms with E-state index in [2.05, 4.69) is 4.98 Å². The van der Waals surface area contributed by atoms with Gasteiger partial charge in [0, 0.05) is 16.6 Å². The molecular formula is C10H5ClF3N. The van der Waals surface area contributed by atoms with E-state index in [1.165, 1.54) is 6.07 Å². The molecule has 1 nitrogen and oxygen atoms in total. The third-order valence-electron chi connectivity index (χ3n) is 1.97. The fourth-order valence-corrected chi connectivity index (χ4v) is 1.44. The molecule has 0 radical (unpaired) electrons. The van der Waals surface area contributed by atoms with E-state index >= 15 is 0 Å². The van der Waals surface area contributed by atoms with Gasteiger partial charge in [-0.1, -0.05) is 11.6 Å². The lowest BCUT2D eigenvalue weighted by molar-refractivity contribution is -0.137. The Balaban J connectivity index is 2.64. The van der Waals surface area contributed by atoms with E-state index in [0.717, 1.165) is 12.3 Å². The highest BCUT2D eigenvalue weighted by atomic mass is 35.5.